The Morgan fingerprint density at radius 3 is 2.40 bits per heavy atom. The second-order valence-corrected chi connectivity index (χ2v) is 5.37. The van der Waals surface area contributed by atoms with Gasteiger partial charge in [-0.15, -0.1) is 0 Å². The molecule has 3 nitrogen and oxygen atoms in total. The van der Waals surface area contributed by atoms with Gasteiger partial charge in [0.2, 0.25) is 0 Å². The number of halogens is 1. The van der Waals surface area contributed by atoms with Gasteiger partial charge in [0.15, 0.2) is 5.82 Å². The van der Waals surface area contributed by atoms with Crippen LogP contribution in [0.4, 0.5) is 0 Å². The topological polar surface area (TPSA) is 28.0 Å². The maximum Gasteiger partial charge on any atom is 0.160 e. The summed E-state index contributed by atoms with van der Waals surface area (Å²) < 4.78 is 0. The number of hydrogen-bond acceptors (Lipinski definition) is 3. The summed E-state index contributed by atoms with van der Waals surface area (Å²) in [6.45, 7) is 5.17. The lowest BCUT2D eigenvalue weighted by molar-refractivity contribution is 0.497. The highest BCUT2D eigenvalue weighted by Crippen LogP contribution is 2.17. The first-order valence-corrected chi connectivity index (χ1v) is 7.15. The van der Waals surface area contributed by atoms with Crippen molar-refractivity contribution >= 4 is 11.6 Å². The van der Waals surface area contributed by atoms with Crippen molar-refractivity contribution in [3.05, 3.63) is 69.4 Å². The third-order valence-corrected chi connectivity index (χ3v) is 3.75. The predicted octanol–water partition coefficient (Wildman–Crippen LogP) is 2.87. The maximum atomic E-state index is 6.13. The molecule has 0 fully saturated rings. The van der Waals surface area contributed by atoms with E-state index in [0.717, 1.165) is 45.7 Å². The van der Waals surface area contributed by atoms with Gasteiger partial charge in [0, 0.05) is 29.5 Å². The lowest BCUT2D eigenvalue weighted by Gasteiger charge is -2.17. The Morgan fingerprint density at radius 1 is 1.10 bits per heavy atom. The van der Waals surface area contributed by atoms with Crippen molar-refractivity contribution in [1.29, 1.82) is 0 Å². The Morgan fingerprint density at radius 2 is 1.75 bits per heavy atom. The van der Waals surface area contributed by atoms with Gasteiger partial charge >= 0.3 is 0 Å². The van der Waals surface area contributed by atoms with E-state index in [2.05, 4.69) is 46.4 Å². The first kappa shape index (κ1) is 13.1. The van der Waals surface area contributed by atoms with Crippen LogP contribution in [0.2, 0.25) is 5.02 Å². The summed E-state index contributed by atoms with van der Waals surface area (Å²) in [6.07, 6.45) is 9.37. The quantitative estimate of drug-likeness (QED) is 0.821. The van der Waals surface area contributed by atoms with Gasteiger partial charge in [-0.05, 0) is 43.2 Å². The number of aryl methyl sites for hydroxylation is 1. The van der Waals surface area contributed by atoms with Gasteiger partial charge in [-0.2, -0.15) is 0 Å². The van der Waals surface area contributed by atoms with Crippen molar-refractivity contribution in [2.45, 2.75) is 20.3 Å². The van der Waals surface area contributed by atoms with Crippen LogP contribution in [0, 0.1) is 6.92 Å². The van der Waals surface area contributed by atoms with Crippen molar-refractivity contribution in [1.82, 2.24) is 4.90 Å². The number of benzene rings is 1. The second-order valence-electron chi connectivity index (χ2n) is 4.96. The molecule has 0 radical (unpaired) electrons. The van der Waals surface area contributed by atoms with Crippen molar-refractivity contribution in [2.24, 2.45) is 9.98 Å². The highest BCUT2D eigenvalue weighted by molar-refractivity contribution is 6.31. The molecule has 0 aliphatic carbocycles. The fraction of sp³-hybridized carbons (Fsp3) is 0.250. The van der Waals surface area contributed by atoms with Crippen molar-refractivity contribution in [3.63, 3.8) is 0 Å². The van der Waals surface area contributed by atoms with Gasteiger partial charge in [-0.1, -0.05) is 18.5 Å². The predicted molar refractivity (Wildman–Crippen MR) is 80.8 cm³/mol. The van der Waals surface area contributed by atoms with Gasteiger partial charge in [0.1, 0.15) is 0 Å². The van der Waals surface area contributed by atoms with Crippen LogP contribution >= 0.6 is 11.6 Å². The molecular weight excluding hydrogens is 270 g/mol. The molecule has 0 saturated carbocycles. The summed E-state index contributed by atoms with van der Waals surface area (Å²) in [5.74, 6) is 0.755. The SMILES string of the molecule is CCCN1C=CC(=C2N=c3cc(C)c(Cl)cc3=N2)C=C1. The molecule has 2 heterocycles. The number of fused-ring (bicyclic) bond motifs is 1. The Bertz CT molecular complexity index is 698. The Balaban J connectivity index is 1.98. The van der Waals surface area contributed by atoms with E-state index in [1.165, 1.54) is 0 Å². The Labute approximate surface area is 123 Å². The van der Waals surface area contributed by atoms with Crippen LogP contribution in [0.3, 0.4) is 0 Å². The monoisotopic (exact) mass is 285 g/mol. The molecule has 0 amide bonds. The summed E-state index contributed by atoms with van der Waals surface area (Å²) in [5, 5.41) is 2.48. The molecule has 0 unspecified atom stereocenters. The van der Waals surface area contributed by atoms with Crippen LogP contribution < -0.4 is 10.7 Å². The zero-order chi connectivity index (χ0) is 14.1. The summed E-state index contributed by atoms with van der Waals surface area (Å²) in [4.78, 5) is 11.3. The lowest BCUT2D eigenvalue weighted by Crippen LogP contribution is -2.21. The van der Waals surface area contributed by atoms with E-state index >= 15 is 0 Å². The fourth-order valence-electron chi connectivity index (χ4n) is 2.23. The number of nitrogens with zero attached hydrogens (tertiary/aromatic N) is 3. The lowest BCUT2D eigenvalue weighted by atomic mass is 10.2. The molecule has 0 N–H and O–H groups in total. The molecule has 0 atom stereocenters. The molecule has 2 aliphatic heterocycles. The van der Waals surface area contributed by atoms with Gasteiger partial charge in [0.25, 0.3) is 0 Å². The molecular formula is C16H16ClN3. The average Bonchev–Trinajstić information content (AvgIpc) is 2.83. The molecule has 102 valence electrons. The molecule has 0 bridgehead atoms. The zero-order valence-corrected chi connectivity index (χ0v) is 12.4. The number of hydrogen-bond donors (Lipinski definition) is 0. The largest absolute Gasteiger partial charge is 0.354 e. The van der Waals surface area contributed by atoms with Crippen LogP contribution in [-0.2, 0) is 0 Å². The molecule has 2 aliphatic rings. The van der Waals surface area contributed by atoms with Crippen molar-refractivity contribution in [3.8, 4) is 0 Å². The minimum absolute atomic E-state index is 0.734. The molecule has 4 heteroatoms. The first-order chi connectivity index (χ1) is 9.67. The van der Waals surface area contributed by atoms with Gasteiger partial charge in [0.05, 0.1) is 10.7 Å². The van der Waals surface area contributed by atoms with Crippen molar-refractivity contribution < 1.29 is 0 Å². The molecule has 0 spiro atoms. The molecule has 1 aromatic carbocycles. The van der Waals surface area contributed by atoms with Crippen LogP contribution in [-0.4, -0.2) is 11.4 Å². The highest BCUT2D eigenvalue weighted by atomic mass is 35.5. The maximum absolute atomic E-state index is 6.13. The van der Waals surface area contributed by atoms with Gasteiger partial charge < -0.3 is 4.90 Å². The second kappa shape index (κ2) is 5.25. The van der Waals surface area contributed by atoms with E-state index in [1.54, 1.807) is 0 Å². The smallest absolute Gasteiger partial charge is 0.160 e. The summed E-state index contributed by atoms with van der Waals surface area (Å²) >= 11 is 6.13. The average molecular weight is 286 g/mol. The Hall–Kier alpha value is -1.87. The summed E-state index contributed by atoms with van der Waals surface area (Å²) in [5.41, 5.74) is 2.06. The van der Waals surface area contributed by atoms with Gasteiger partial charge in [-0.25, -0.2) is 9.98 Å². The summed E-state index contributed by atoms with van der Waals surface area (Å²) in [7, 11) is 0. The Kier molecular flexibility index (Phi) is 3.45. The van der Waals surface area contributed by atoms with Crippen LogP contribution in [0.15, 0.2) is 58.1 Å². The number of allylic oxidation sites excluding steroid dienone is 3. The summed E-state index contributed by atoms with van der Waals surface area (Å²) in [6, 6.07) is 3.86. The molecule has 0 saturated heterocycles. The highest BCUT2D eigenvalue weighted by Gasteiger charge is 2.10. The molecule has 3 rings (SSSR count). The zero-order valence-electron chi connectivity index (χ0n) is 11.6. The van der Waals surface area contributed by atoms with Crippen LogP contribution in [0.5, 0.6) is 0 Å². The fourth-order valence-corrected chi connectivity index (χ4v) is 2.39. The molecule has 0 aromatic heterocycles. The molecule has 20 heavy (non-hydrogen) atoms. The van der Waals surface area contributed by atoms with E-state index in [1.807, 2.05) is 19.1 Å². The first-order valence-electron chi connectivity index (χ1n) is 6.77. The van der Waals surface area contributed by atoms with Gasteiger partial charge in [-0.3, -0.25) is 0 Å². The minimum Gasteiger partial charge on any atom is -0.354 e. The van der Waals surface area contributed by atoms with Crippen molar-refractivity contribution in [2.75, 3.05) is 6.54 Å². The van der Waals surface area contributed by atoms with E-state index < -0.39 is 0 Å². The van der Waals surface area contributed by atoms with Crippen LogP contribution in [0.25, 0.3) is 0 Å². The van der Waals surface area contributed by atoms with Crippen LogP contribution in [0.1, 0.15) is 18.9 Å². The normalized spacial score (nSPS) is 16.2. The standard InChI is InChI=1S/C16H16ClN3/c1-3-6-20-7-4-12(5-8-20)16-18-14-9-11(2)13(17)10-15(14)19-16/h4-5,7-10H,3,6H2,1-2H3. The van der Waals surface area contributed by atoms with E-state index in [9.17, 15) is 0 Å². The number of rotatable bonds is 2. The molecule has 1 aromatic rings. The third kappa shape index (κ3) is 2.41. The van der Waals surface area contributed by atoms with E-state index in [0.29, 0.717) is 0 Å². The van der Waals surface area contributed by atoms with E-state index in [4.69, 9.17) is 11.6 Å². The third-order valence-electron chi connectivity index (χ3n) is 3.34. The van der Waals surface area contributed by atoms with E-state index in [-0.39, 0.29) is 0 Å². The minimum atomic E-state index is 0.734.